The van der Waals surface area contributed by atoms with Crippen molar-refractivity contribution in [3.05, 3.63) is 34.1 Å². The van der Waals surface area contributed by atoms with Crippen LogP contribution in [-0.2, 0) is 6.18 Å². The van der Waals surface area contributed by atoms with Crippen LogP contribution in [0, 0.1) is 10.1 Å². The summed E-state index contributed by atoms with van der Waals surface area (Å²) in [7, 11) is 0. The molecule has 0 aliphatic rings. The number of nitrogens with zero attached hydrogens (tertiary/aromatic N) is 2. The molecule has 0 saturated heterocycles. The molecule has 16 heavy (non-hydrogen) atoms. The van der Waals surface area contributed by atoms with Crippen LogP contribution in [0.4, 0.5) is 18.9 Å². The SMILES string of the molecule is O=[N+]([O-])c1cnc2[nH]c(C(F)(F)F)cc2c1. The summed E-state index contributed by atoms with van der Waals surface area (Å²) in [5, 5.41) is 10.4. The Balaban J connectivity index is 2.59. The quantitative estimate of drug-likeness (QED) is 0.605. The summed E-state index contributed by atoms with van der Waals surface area (Å²) in [6.07, 6.45) is -3.62. The molecule has 1 N–H and O–H groups in total. The second kappa shape index (κ2) is 3.19. The lowest BCUT2D eigenvalue weighted by Crippen LogP contribution is -2.04. The van der Waals surface area contributed by atoms with Crippen LogP contribution >= 0.6 is 0 Å². The van der Waals surface area contributed by atoms with E-state index in [9.17, 15) is 23.3 Å². The van der Waals surface area contributed by atoms with Gasteiger partial charge in [0.2, 0.25) is 0 Å². The highest BCUT2D eigenvalue weighted by atomic mass is 19.4. The Morgan fingerprint density at radius 1 is 1.38 bits per heavy atom. The van der Waals surface area contributed by atoms with Crippen molar-refractivity contribution in [3.63, 3.8) is 0 Å². The summed E-state index contributed by atoms with van der Waals surface area (Å²) in [6.45, 7) is 0. The number of rotatable bonds is 1. The minimum Gasteiger partial charge on any atom is -0.336 e. The van der Waals surface area contributed by atoms with Gasteiger partial charge in [-0.2, -0.15) is 13.2 Å². The number of nitrogens with one attached hydrogen (secondary N) is 1. The number of halogens is 3. The molecular formula is C8H4F3N3O2. The maximum absolute atomic E-state index is 12.3. The first-order valence-electron chi connectivity index (χ1n) is 4.08. The molecule has 5 nitrogen and oxygen atoms in total. The van der Waals surface area contributed by atoms with Gasteiger partial charge in [-0.25, -0.2) is 4.98 Å². The van der Waals surface area contributed by atoms with Gasteiger partial charge < -0.3 is 4.98 Å². The molecule has 2 heterocycles. The Morgan fingerprint density at radius 3 is 2.62 bits per heavy atom. The number of hydrogen-bond acceptors (Lipinski definition) is 3. The highest BCUT2D eigenvalue weighted by molar-refractivity contribution is 5.78. The highest BCUT2D eigenvalue weighted by Gasteiger charge is 2.32. The average molecular weight is 231 g/mol. The van der Waals surface area contributed by atoms with Crippen molar-refractivity contribution in [3.8, 4) is 0 Å². The summed E-state index contributed by atoms with van der Waals surface area (Å²) in [6, 6.07) is 1.82. The molecule has 0 radical (unpaired) electrons. The lowest BCUT2D eigenvalue weighted by Gasteiger charge is -2.00. The van der Waals surface area contributed by atoms with E-state index in [1.807, 2.05) is 4.98 Å². The first-order valence-corrected chi connectivity index (χ1v) is 4.08. The van der Waals surface area contributed by atoms with Crippen LogP contribution in [-0.4, -0.2) is 14.9 Å². The first-order chi connectivity index (χ1) is 7.38. The van der Waals surface area contributed by atoms with Crippen molar-refractivity contribution < 1.29 is 18.1 Å². The molecule has 2 rings (SSSR count). The number of H-pyrrole nitrogens is 1. The maximum atomic E-state index is 12.3. The number of nitro groups is 1. The number of aromatic amines is 1. The second-order valence-corrected chi connectivity index (χ2v) is 3.07. The predicted molar refractivity (Wildman–Crippen MR) is 47.8 cm³/mol. The van der Waals surface area contributed by atoms with E-state index in [0.717, 1.165) is 18.3 Å². The molecule has 0 bridgehead atoms. The van der Waals surface area contributed by atoms with Gasteiger partial charge in [0, 0.05) is 11.5 Å². The third-order valence-electron chi connectivity index (χ3n) is 1.97. The maximum Gasteiger partial charge on any atom is 0.431 e. The van der Waals surface area contributed by atoms with Gasteiger partial charge in [0.25, 0.3) is 5.69 Å². The van der Waals surface area contributed by atoms with Crippen LogP contribution < -0.4 is 0 Å². The van der Waals surface area contributed by atoms with Crippen LogP contribution in [0.25, 0.3) is 11.0 Å². The standard InChI is InChI=1S/C8H4F3N3O2/c9-8(10,11)6-2-4-1-5(14(15)16)3-12-7(4)13-6/h1-3H,(H,12,13). The third-order valence-corrected chi connectivity index (χ3v) is 1.97. The van der Waals surface area contributed by atoms with Crippen LogP contribution in [0.1, 0.15) is 5.69 Å². The lowest BCUT2D eigenvalue weighted by atomic mass is 10.3. The van der Waals surface area contributed by atoms with Crippen molar-refractivity contribution >= 4 is 16.7 Å². The Morgan fingerprint density at radius 2 is 2.06 bits per heavy atom. The molecule has 0 unspecified atom stereocenters. The third kappa shape index (κ3) is 1.69. The van der Waals surface area contributed by atoms with Gasteiger partial charge in [0.1, 0.15) is 17.5 Å². The van der Waals surface area contributed by atoms with E-state index in [1.54, 1.807) is 0 Å². The number of aromatic nitrogens is 2. The van der Waals surface area contributed by atoms with E-state index in [1.165, 1.54) is 0 Å². The summed E-state index contributed by atoms with van der Waals surface area (Å²) in [4.78, 5) is 15.2. The summed E-state index contributed by atoms with van der Waals surface area (Å²) in [5.74, 6) is 0. The molecule has 2 aromatic heterocycles. The fourth-order valence-electron chi connectivity index (χ4n) is 1.26. The van der Waals surface area contributed by atoms with Crippen molar-refractivity contribution in [2.45, 2.75) is 6.18 Å². The van der Waals surface area contributed by atoms with Crippen molar-refractivity contribution in [1.29, 1.82) is 0 Å². The van der Waals surface area contributed by atoms with E-state index in [2.05, 4.69) is 4.98 Å². The smallest absolute Gasteiger partial charge is 0.336 e. The molecule has 0 fully saturated rings. The largest absolute Gasteiger partial charge is 0.431 e. The molecule has 0 aliphatic heterocycles. The van der Waals surface area contributed by atoms with E-state index in [4.69, 9.17) is 0 Å². The van der Waals surface area contributed by atoms with Crippen LogP contribution in [0.5, 0.6) is 0 Å². The molecule has 0 aromatic carbocycles. The number of fused-ring (bicyclic) bond motifs is 1. The van der Waals surface area contributed by atoms with Gasteiger partial charge in [-0.05, 0) is 6.07 Å². The van der Waals surface area contributed by atoms with Crippen LogP contribution in [0.15, 0.2) is 18.3 Å². The topological polar surface area (TPSA) is 71.8 Å². The molecule has 0 spiro atoms. The molecule has 84 valence electrons. The first kappa shape index (κ1) is 10.4. The van der Waals surface area contributed by atoms with E-state index in [0.29, 0.717) is 0 Å². The Hall–Kier alpha value is -2.12. The Kier molecular flexibility index (Phi) is 2.07. The molecule has 0 aliphatic carbocycles. The van der Waals surface area contributed by atoms with Crippen molar-refractivity contribution in [2.24, 2.45) is 0 Å². The number of alkyl halides is 3. The molecule has 2 aromatic rings. The van der Waals surface area contributed by atoms with Gasteiger partial charge in [-0.1, -0.05) is 0 Å². The van der Waals surface area contributed by atoms with Crippen LogP contribution in [0.3, 0.4) is 0 Å². The molecular weight excluding hydrogens is 227 g/mol. The van der Waals surface area contributed by atoms with Crippen molar-refractivity contribution in [1.82, 2.24) is 9.97 Å². The van der Waals surface area contributed by atoms with Gasteiger partial charge >= 0.3 is 6.18 Å². The Bertz CT molecular complexity index is 561. The fourth-order valence-corrected chi connectivity index (χ4v) is 1.26. The van der Waals surface area contributed by atoms with E-state index < -0.39 is 16.8 Å². The molecule has 8 heteroatoms. The highest BCUT2D eigenvalue weighted by Crippen LogP contribution is 2.31. The zero-order valence-electron chi connectivity index (χ0n) is 7.58. The summed E-state index contributed by atoms with van der Waals surface area (Å²) in [5.41, 5.74) is -1.35. The zero-order valence-corrected chi connectivity index (χ0v) is 7.58. The van der Waals surface area contributed by atoms with Crippen LogP contribution in [0.2, 0.25) is 0 Å². The molecule has 0 amide bonds. The lowest BCUT2D eigenvalue weighted by molar-refractivity contribution is -0.385. The fraction of sp³-hybridized carbons (Fsp3) is 0.125. The second-order valence-electron chi connectivity index (χ2n) is 3.07. The van der Waals surface area contributed by atoms with Crippen molar-refractivity contribution in [2.75, 3.05) is 0 Å². The summed E-state index contributed by atoms with van der Waals surface area (Å²) >= 11 is 0. The normalized spacial score (nSPS) is 11.9. The average Bonchev–Trinajstić information content (AvgIpc) is 2.58. The molecule has 0 atom stereocenters. The predicted octanol–water partition coefficient (Wildman–Crippen LogP) is 2.49. The van der Waals surface area contributed by atoms with Gasteiger partial charge in [-0.3, -0.25) is 10.1 Å². The van der Waals surface area contributed by atoms with Gasteiger partial charge in [-0.15, -0.1) is 0 Å². The van der Waals surface area contributed by atoms with E-state index >= 15 is 0 Å². The number of hydrogen-bond donors (Lipinski definition) is 1. The monoisotopic (exact) mass is 231 g/mol. The minimum atomic E-state index is -4.52. The van der Waals surface area contributed by atoms with Gasteiger partial charge in [0.15, 0.2) is 0 Å². The zero-order chi connectivity index (χ0) is 11.9. The Labute approximate surface area is 86.1 Å². The minimum absolute atomic E-state index is 0.0297. The molecule has 0 saturated carbocycles. The van der Waals surface area contributed by atoms with Gasteiger partial charge in [0.05, 0.1) is 4.92 Å². The summed E-state index contributed by atoms with van der Waals surface area (Å²) < 4.78 is 36.9. The van der Waals surface area contributed by atoms with E-state index in [-0.39, 0.29) is 16.7 Å². The number of pyridine rings is 1.